The van der Waals surface area contributed by atoms with Crippen molar-refractivity contribution in [3.8, 4) is 0 Å². The number of hydrogen-bond donors (Lipinski definition) is 9. The van der Waals surface area contributed by atoms with Crippen LogP contribution in [0.4, 0.5) is 0 Å². The van der Waals surface area contributed by atoms with Crippen molar-refractivity contribution in [1.29, 1.82) is 0 Å². The number of carbonyl (C=O) groups is 2. The van der Waals surface area contributed by atoms with Gasteiger partial charge in [0, 0.05) is 37.7 Å². The van der Waals surface area contributed by atoms with Crippen LogP contribution in [0, 0.1) is 11.8 Å². The lowest BCUT2D eigenvalue weighted by atomic mass is 9.82. The molecule has 3 rings (SSSR count). The molecule has 2 saturated heterocycles. The Morgan fingerprint density at radius 2 is 1.49 bits per heavy atom. The zero-order valence-corrected chi connectivity index (χ0v) is 27.8. The Kier molecular flexibility index (Phi) is 15.3. The number of ether oxygens (including phenoxy) is 4. The number of aliphatic hydroxyl groups is 7. The zero-order valence-electron chi connectivity index (χ0n) is 27.8. The molecule has 15 nitrogen and oxygen atoms in total. The molecule has 0 aromatic rings. The van der Waals surface area contributed by atoms with Gasteiger partial charge in [0.15, 0.2) is 12.1 Å². The molecule has 3 aliphatic heterocycles. The van der Waals surface area contributed by atoms with Crippen molar-refractivity contribution < 1.29 is 69.4 Å². The summed E-state index contributed by atoms with van der Waals surface area (Å²) >= 11 is 0. The summed E-state index contributed by atoms with van der Waals surface area (Å²) in [5, 5.41) is 84.7. The monoisotopic (exact) mass is 697 g/mol. The van der Waals surface area contributed by atoms with Gasteiger partial charge in [-0.15, -0.1) is 0 Å². The van der Waals surface area contributed by atoms with E-state index in [1.807, 2.05) is 13.0 Å². The van der Waals surface area contributed by atoms with Crippen LogP contribution in [0.25, 0.3) is 0 Å². The van der Waals surface area contributed by atoms with Gasteiger partial charge in [0.25, 0.3) is 0 Å². The summed E-state index contributed by atoms with van der Waals surface area (Å²) < 4.78 is 22.9. The van der Waals surface area contributed by atoms with Crippen LogP contribution in [0.15, 0.2) is 60.8 Å². The number of cyclic esters (lactones) is 1. The minimum atomic E-state index is -2.27. The van der Waals surface area contributed by atoms with Gasteiger partial charge in [-0.3, -0.25) is 4.79 Å². The lowest BCUT2D eigenvalue weighted by Crippen LogP contribution is -2.61. The van der Waals surface area contributed by atoms with Gasteiger partial charge in [-0.2, -0.15) is 0 Å². The number of aliphatic hydroxyl groups excluding tert-OH is 6. The molecule has 0 aromatic heterocycles. The van der Waals surface area contributed by atoms with Crippen LogP contribution < -0.4 is 5.73 Å². The van der Waals surface area contributed by atoms with E-state index in [0.717, 1.165) is 12.2 Å². The first-order chi connectivity index (χ1) is 23.0. The summed E-state index contributed by atoms with van der Waals surface area (Å²) in [7, 11) is 0. The van der Waals surface area contributed by atoms with Crippen molar-refractivity contribution in [2.24, 2.45) is 17.6 Å². The van der Waals surface area contributed by atoms with Crippen LogP contribution in [-0.4, -0.2) is 132 Å². The molecule has 10 N–H and O–H groups in total. The Bertz CT molecular complexity index is 1240. The molecule has 3 unspecified atom stereocenters. The minimum Gasteiger partial charge on any atom is -0.481 e. The van der Waals surface area contributed by atoms with Crippen molar-refractivity contribution in [2.45, 2.75) is 126 Å². The van der Waals surface area contributed by atoms with Crippen LogP contribution in [-0.2, 0) is 28.5 Å². The molecule has 0 spiro atoms. The van der Waals surface area contributed by atoms with Gasteiger partial charge in [0.1, 0.15) is 18.1 Å². The van der Waals surface area contributed by atoms with E-state index in [1.54, 1.807) is 50.3 Å². The molecule has 0 aromatic carbocycles. The molecule has 3 aliphatic rings. The van der Waals surface area contributed by atoms with Crippen molar-refractivity contribution in [3.05, 3.63) is 60.8 Å². The molecule has 0 saturated carbocycles. The number of esters is 1. The summed E-state index contributed by atoms with van der Waals surface area (Å²) in [5.74, 6) is -6.15. The van der Waals surface area contributed by atoms with Gasteiger partial charge in [-0.25, -0.2) is 4.79 Å². The Hall–Kier alpha value is -2.80. The predicted molar refractivity (Wildman–Crippen MR) is 173 cm³/mol. The molecule has 15 atom stereocenters. The van der Waals surface area contributed by atoms with E-state index in [4.69, 9.17) is 24.7 Å². The number of carboxylic acids is 1. The Morgan fingerprint density at radius 3 is 2.14 bits per heavy atom. The van der Waals surface area contributed by atoms with Gasteiger partial charge in [-0.1, -0.05) is 55.5 Å². The maximum atomic E-state index is 12.3. The molecular weight excluding hydrogens is 646 g/mol. The molecule has 15 heteroatoms. The maximum absolute atomic E-state index is 12.3. The number of carbonyl (C=O) groups excluding carboxylic acids is 1. The third kappa shape index (κ3) is 11.9. The topological polar surface area (TPSA) is 259 Å². The third-order valence-electron chi connectivity index (χ3n) is 8.90. The molecule has 276 valence electrons. The number of aliphatic carboxylic acids is 1. The largest absolute Gasteiger partial charge is 0.481 e. The number of allylic oxidation sites excluding steroid dienone is 6. The number of rotatable bonds is 3. The van der Waals surface area contributed by atoms with Crippen molar-refractivity contribution in [2.75, 3.05) is 0 Å². The molecule has 0 aliphatic carbocycles. The van der Waals surface area contributed by atoms with E-state index < -0.39 is 116 Å². The van der Waals surface area contributed by atoms with Crippen molar-refractivity contribution in [3.63, 3.8) is 0 Å². The van der Waals surface area contributed by atoms with E-state index in [2.05, 4.69) is 0 Å². The summed E-state index contributed by atoms with van der Waals surface area (Å²) in [6.07, 6.45) is -0.575. The first kappa shape index (κ1) is 40.6. The Labute approximate surface area is 285 Å². The molecule has 2 bridgehead atoms. The van der Waals surface area contributed by atoms with E-state index in [9.17, 15) is 50.4 Å². The molecule has 2 fully saturated rings. The molecule has 0 radical (unpaired) electrons. The first-order valence-corrected chi connectivity index (χ1v) is 16.4. The summed E-state index contributed by atoms with van der Waals surface area (Å²) in [4.78, 5) is 24.5. The highest BCUT2D eigenvalue weighted by atomic mass is 16.7. The van der Waals surface area contributed by atoms with E-state index in [0.29, 0.717) is 0 Å². The second kappa shape index (κ2) is 18.4. The Morgan fingerprint density at radius 1 is 0.857 bits per heavy atom. The lowest BCUT2D eigenvalue weighted by Gasteiger charge is -2.45. The van der Waals surface area contributed by atoms with Gasteiger partial charge in [-0.05, 0) is 19.9 Å². The average Bonchev–Trinajstić information content (AvgIpc) is 3.00. The van der Waals surface area contributed by atoms with Crippen LogP contribution in [0.5, 0.6) is 0 Å². The van der Waals surface area contributed by atoms with Gasteiger partial charge < -0.3 is 65.5 Å². The van der Waals surface area contributed by atoms with Crippen LogP contribution in [0.1, 0.15) is 46.5 Å². The SMILES string of the molecule is C[C@H]1/C=C/C=C/C=C/C=C/C(O[C@@H]2O[C@H](C)[C@@H](O)[C@H](N)[C@H]2O)C[C@@H]2O[C@](O)(CC(O)CC(O)[C@H](O)/C=C/C(=O)O[C@@H]1C)C[C@H](O)[C@H]2C(=O)O. The normalized spacial score (nSPS) is 46.7. The molecule has 3 heterocycles. The second-order valence-corrected chi connectivity index (χ2v) is 13.0. The first-order valence-electron chi connectivity index (χ1n) is 16.4. The predicted octanol–water partition coefficient (Wildman–Crippen LogP) is -0.680. The van der Waals surface area contributed by atoms with E-state index in [-0.39, 0.29) is 12.3 Å². The smallest absolute Gasteiger partial charge is 0.330 e. The minimum absolute atomic E-state index is 0.171. The quantitative estimate of drug-likeness (QED) is 0.166. The van der Waals surface area contributed by atoms with Crippen LogP contribution >= 0.6 is 0 Å². The standard InChI is InChI=1S/C34H51NO14/c1-18-10-8-6-4-5-7-9-11-22(48-33-31(42)29(35)30(41)20(3)47-33)15-26-28(32(43)44)25(39)17-34(45,49-26)16-21(36)14-24(38)23(37)12-13-27(40)46-19(18)2/h4-13,18-26,28-31,33,36-39,41-42,45H,14-17,35H2,1-3H3,(H,43,44)/b6-4+,7-5+,10-8+,11-9+,13-12+/t18-,19+,20+,21?,22?,23+,24?,25-,26-,28+,29-,30+,31+,33-,34+/m0/s1. The van der Waals surface area contributed by atoms with Gasteiger partial charge in [0.2, 0.25) is 0 Å². The second-order valence-electron chi connectivity index (χ2n) is 13.0. The van der Waals surface area contributed by atoms with Crippen molar-refractivity contribution >= 4 is 11.9 Å². The van der Waals surface area contributed by atoms with Crippen LogP contribution in [0.3, 0.4) is 0 Å². The zero-order chi connectivity index (χ0) is 36.5. The summed E-state index contributed by atoms with van der Waals surface area (Å²) in [6, 6.07) is -1.11. The molecular formula is C34H51NO14. The van der Waals surface area contributed by atoms with E-state index >= 15 is 0 Å². The lowest BCUT2D eigenvalue weighted by molar-refractivity contribution is -0.308. The summed E-state index contributed by atoms with van der Waals surface area (Å²) in [6.45, 7) is 5.09. The van der Waals surface area contributed by atoms with Crippen LogP contribution in [0.2, 0.25) is 0 Å². The fraction of sp³-hybridized carbons (Fsp3) is 0.647. The van der Waals surface area contributed by atoms with Gasteiger partial charge in [0.05, 0.1) is 54.9 Å². The highest BCUT2D eigenvalue weighted by Gasteiger charge is 2.51. The Balaban J connectivity index is 1.94. The maximum Gasteiger partial charge on any atom is 0.330 e. The van der Waals surface area contributed by atoms with Crippen molar-refractivity contribution in [1.82, 2.24) is 0 Å². The number of carboxylic acid groups (broad SMARTS) is 1. The third-order valence-corrected chi connectivity index (χ3v) is 8.90. The van der Waals surface area contributed by atoms with E-state index in [1.165, 1.54) is 6.08 Å². The number of fused-ring (bicyclic) bond motifs is 2. The highest BCUT2D eigenvalue weighted by molar-refractivity contribution is 5.82. The molecule has 0 amide bonds. The average molecular weight is 698 g/mol. The molecule has 49 heavy (non-hydrogen) atoms. The fourth-order valence-corrected chi connectivity index (χ4v) is 5.86. The highest BCUT2D eigenvalue weighted by Crippen LogP contribution is 2.38. The number of hydrogen-bond acceptors (Lipinski definition) is 14. The summed E-state index contributed by atoms with van der Waals surface area (Å²) in [5.41, 5.74) is 5.96. The number of nitrogens with two attached hydrogens (primary N) is 1. The fourth-order valence-electron chi connectivity index (χ4n) is 5.86. The van der Waals surface area contributed by atoms with Gasteiger partial charge >= 0.3 is 11.9 Å².